The van der Waals surface area contributed by atoms with Crippen LogP contribution >= 0.6 is 0 Å². The fraction of sp³-hybridized carbons (Fsp3) is 0.207. The maximum absolute atomic E-state index is 14.1. The van der Waals surface area contributed by atoms with Crippen LogP contribution in [-0.4, -0.2) is 41.5 Å². The lowest BCUT2D eigenvalue weighted by Crippen LogP contribution is -2.56. The van der Waals surface area contributed by atoms with E-state index >= 15 is 0 Å². The molecule has 2 amide bonds. The quantitative estimate of drug-likeness (QED) is 0.425. The number of fused-ring (bicyclic) bond motifs is 1. The van der Waals surface area contributed by atoms with Crippen LogP contribution in [0.3, 0.4) is 0 Å². The van der Waals surface area contributed by atoms with E-state index < -0.39 is 12.0 Å². The maximum atomic E-state index is 14.1. The molecule has 8 heteroatoms. The van der Waals surface area contributed by atoms with E-state index in [4.69, 9.17) is 9.84 Å². The molecule has 0 unspecified atom stereocenters. The van der Waals surface area contributed by atoms with Gasteiger partial charge in [0.1, 0.15) is 24.4 Å². The van der Waals surface area contributed by atoms with Crippen molar-refractivity contribution in [1.82, 2.24) is 15.1 Å². The predicted molar refractivity (Wildman–Crippen MR) is 138 cm³/mol. The number of benzene rings is 3. The van der Waals surface area contributed by atoms with Gasteiger partial charge in [-0.05, 0) is 55.8 Å². The summed E-state index contributed by atoms with van der Waals surface area (Å²) >= 11 is 0. The first kappa shape index (κ1) is 24.4. The predicted octanol–water partition coefficient (Wildman–Crippen LogP) is 4.51. The Kier molecular flexibility index (Phi) is 6.58. The first-order chi connectivity index (χ1) is 17.9. The Morgan fingerprint density at radius 2 is 1.76 bits per heavy atom. The highest BCUT2D eigenvalue weighted by molar-refractivity contribution is 6.05. The standard InChI is InChI=1S/C29H27FN4O3/c1-18-8-7-9-21(16-18)27(35)31-26-25(20-12-14-22(30)15-13-20)24-19(2)32-34(23-10-5-4-6-11-23)28(24)33(17-37-3)29(26)36/h4-16,25-26H,17H2,1-3H3,(H,31,35)/t25-,26-/m0/s1. The molecule has 0 aliphatic carbocycles. The van der Waals surface area contributed by atoms with Crippen molar-refractivity contribution in [2.24, 2.45) is 0 Å². The van der Waals surface area contributed by atoms with Crippen molar-refractivity contribution in [3.63, 3.8) is 0 Å². The molecule has 0 bridgehead atoms. The van der Waals surface area contributed by atoms with E-state index in [2.05, 4.69) is 5.32 Å². The number of hydrogen-bond acceptors (Lipinski definition) is 4. The van der Waals surface area contributed by atoms with Crippen molar-refractivity contribution in [1.29, 1.82) is 0 Å². The van der Waals surface area contributed by atoms with Crippen LogP contribution in [-0.2, 0) is 9.53 Å². The van der Waals surface area contributed by atoms with Crippen LogP contribution in [0.25, 0.3) is 5.69 Å². The molecule has 1 aliphatic rings. The Morgan fingerprint density at radius 3 is 2.43 bits per heavy atom. The summed E-state index contributed by atoms with van der Waals surface area (Å²) in [6, 6.07) is 21.7. The second-order valence-corrected chi connectivity index (χ2v) is 9.10. The summed E-state index contributed by atoms with van der Waals surface area (Å²) in [5.41, 5.74) is 4.31. The summed E-state index contributed by atoms with van der Waals surface area (Å²) in [6.07, 6.45) is 0. The smallest absolute Gasteiger partial charge is 0.253 e. The topological polar surface area (TPSA) is 76.5 Å². The Balaban J connectivity index is 1.69. The van der Waals surface area contributed by atoms with Crippen molar-refractivity contribution >= 4 is 17.6 Å². The molecular formula is C29H27FN4O3. The highest BCUT2D eigenvalue weighted by atomic mass is 19.1. The van der Waals surface area contributed by atoms with Crippen LogP contribution < -0.4 is 10.2 Å². The number of anilines is 1. The van der Waals surface area contributed by atoms with Crippen LogP contribution in [0, 0.1) is 19.7 Å². The first-order valence-corrected chi connectivity index (χ1v) is 12.0. The number of halogens is 1. The van der Waals surface area contributed by atoms with Gasteiger partial charge in [-0.15, -0.1) is 0 Å². The largest absolute Gasteiger partial charge is 0.364 e. The number of carbonyl (C=O) groups is 2. The molecule has 1 aliphatic heterocycles. The number of hydrogen-bond donors (Lipinski definition) is 1. The van der Waals surface area contributed by atoms with Gasteiger partial charge in [-0.25, -0.2) is 9.07 Å². The van der Waals surface area contributed by atoms with Gasteiger partial charge in [0.25, 0.3) is 11.8 Å². The molecule has 4 aromatic rings. The molecule has 188 valence electrons. The fourth-order valence-corrected chi connectivity index (χ4v) is 4.92. The van der Waals surface area contributed by atoms with E-state index in [1.807, 2.05) is 50.2 Å². The third-order valence-electron chi connectivity index (χ3n) is 6.57. The summed E-state index contributed by atoms with van der Waals surface area (Å²) in [5.74, 6) is -1.14. The summed E-state index contributed by atoms with van der Waals surface area (Å²) in [4.78, 5) is 28.9. The van der Waals surface area contributed by atoms with Crippen molar-refractivity contribution in [2.75, 3.05) is 18.7 Å². The SMILES string of the molecule is COCN1C(=O)[C@@H](NC(=O)c2cccc(C)c2)[C@@H](c2ccc(F)cc2)c2c(C)nn(-c3ccccc3)c21. The number of nitrogens with one attached hydrogen (secondary N) is 1. The van der Waals surface area contributed by atoms with Crippen LogP contribution in [0.4, 0.5) is 10.2 Å². The molecule has 1 N–H and O–H groups in total. The Bertz CT molecular complexity index is 1450. The molecule has 0 saturated carbocycles. The third-order valence-corrected chi connectivity index (χ3v) is 6.57. The Labute approximate surface area is 214 Å². The molecule has 37 heavy (non-hydrogen) atoms. The molecule has 0 saturated heterocycles. The van der Waals surface area contributed by atoms with Gasteiger partial charge in [0.05, 0.1) is 11.4 Å². The van der Waals surface area contributed by atoms with Gasteiger partial charge >= 0.3 is 0 Å². The van der Waals surface area contributed by atoms with Gasteiger partial charge in [-0.1, -0.05) is 48.0 Å². The molecule has 0 spiro atoms. The number of nitrogens with zero attached hydrogens (tertiary/aromatic N) is 3. The summed E-state index contributed by atoms with van der Waals surface area (Å²) in [5, 5.41) is 7.75. The second-order valence-electron chi connectivity index (χ2n) is 9.10. The summed E-state index contributed by atoms with van der Waals surface area (Å²) in [7, 11) is 1.51. The number of aromatic nitrogens is 2. The first-order valence-electron chi connectivity index (χ1n) is 12.0. The minimum absolute atomic E-state index is 0.0310. The van der Waals surface area contributed by atoms with Gasteiger partial charge in [0, 0.05) is 24.2 Å². The fourth-order valence-electron chi connectivity index (χ4n) is 4.92. The van der Waals surface area contributed by atoms with Gasteiger partial charge in [0.15, 0.2) is 0 Å². The summed E-state index contributed by atoms with van der Waals surface area (Å²) < 4.78 is 21.0. The molecule has 0 radical (unpaired) electrons. The van der Waals surface area contributed by atoms with E-state index in [0.29, 0.717) is 22.6 Å². The highest BCUT2D eigenvalue weighted by Crippen LogP contribution is 2.43. The third kappa shape index (κ3) is 4.51. The molecule has 2 atom stereocenters. The maximum Gasteiger partial charge on any atom is 0.253 e. The van der Waals surface area contributed by atoms with E-state index in [1.165, 1.54) is 24.1 Å². The lowest BCUT2D eigenvalue weighted by molar-refractivity contribution is -0.122. The number of methoxy groups -OCH3 is 1. The van der Waals surface area contributed by atoms with E-state index in [-0.39, 0.29) is 24.4 Å². The average molecular weight is 499 g/mol. The zero-order chi connectivity index (χ0) is 26.1. The number of carbonyl (C=O) groups excluding carboxylic acids is 2. The molecule has 7 nitrogen and oxygen atoms in total. The van der Waals surface area contributed by atoms with Crippen molar-refractivity contribution in [2.45, 2.75) is 25.8 Å². The lowest BCUT2D eigenvalue weighted by atomic mass is 9.81. The van der Waals surface area contributed by atoms with Crippen molar-refractivity contribution in [3.8, 4) is 5.69 Å². The lowest BCUT2D eigenvalue weighted by Gasteiger charge is -2.38. The van der Waals surface area contributed by atoms with E-state index in [1.54, 1.807) is 35.0 Å². The molecule has 2 heterocycles. The highest BCUT2D eigenvalue weighted by Gasteiger charge is 2.46. The van der Waals surface area contributed by atoms with Gasteiger partial charge in [-0.3, -0.25) is 14.5 Å². The van der Waals surface area contributed by atoms with Gasteiger partial charge in [-0.2, -0.15) is 5.10 Å². The molecule has 3 aromatic carbocycles. The van der Waals surface area contributed by atoms with Crippen LogP contribution in [0.15, 0.2) is 78.9 Å². The number of para-hydroxylation sites is 1. The van der Waals surface area contributed by atoms with E-state index in [9.17, 15) is 14.0 Å². The summed E-state index contributed by atoms with van der Waals surface area (Å²) in [6.45, 7) is 3.74. The van der Waals surface area contributed by atoms with Gasteiger partial charge in [0.2, 0.25) is 0 Å². The normalized spacial score (nSPS) is 17.0. The minimum Gasteiger partial charge on any atom is -0.364 e. The molecule has 0 fully saturated rings. The molecule has 1 aromatic heterocycles. The van der Waals surface area contributed by atoms with Crippen LogP contribution in [0.2, 0.25) is 0 Å². The number of ether oxygens (including phenoxy) is 1. The Hall–Kier alpha value is -4.30. The second kappa shape index (κ2) is 9.99. The van der Waals surface area contributed by atoms with E-state index in [0.717, 1.165) is 16.8 Å². The minimum atomic E-state index is -0.965. The average Bonchev–Trinajstić information content (AvgIpc) is 3.24. The van der Waals surface area contributed by atoms with Crippen LogP contribution in [0.5, 0.6) is 0 Å². The zero-order valence-corrected chi connectivity index (χ0v) is 20.8. The monoisotopic (exact) mass is 498 g/mol. The van der Waals surface area contributed by atoms with Gasteiger partial charge < -0.3 is 10.1 Å². The molecule has 5 rings (SSSR count). The van der Waals surface area contributed by atoms with Crippen molar-refractivity contribution in [3.05, 3.63) is 113 Å². The van der Waals surface area contributed by atoms with Crippen molar-refractivity contribution < 1.29 is 18.7 Å². The number of amides is 2. The molecular weight excluding hydrogens is 471 g/mol. The van der Waals surface area contributed by atoms with Crippen LogP contribution in [0.1, 0.15) is 38.7 Å². The Morgan fingerprint density at radius 1 is 1.03 bits per heavy atom. The number of aryl methyl sites for hydroxylation is 2. The number of rotatable bonds is 6. The zero-order valence-electron chi connectivity index (χ0n) is 20.8.